The van der Waals surface area contributed by atoms with Crippen LogP contribution >= 0.6 is 0 Å². The molecular weight excluding hydrogens is 224 g/mol. The minimum Gasteiger partial charge on any atom is -0.386 e. The molecule has 0 aromatic carbocycles. The van der Waals surface area contributed by atoms with Crippen LogP contribution in [0.15, 0.2) is 12.2 Å². The molecule has 0 aromatic heterocycles. The second-order valence-corrected chi connectivity index (χ2v) is 5.07. The van der Waals surface area contributed by atoms with Crippen LogP contribution in [0, 0.1) is 17.3 Å². The second-order valence-electron chi connectivity index (χ2n) is 5.07. The third-order valence-electron chi connectivity index (χ3n) is 4.12. The van der Waals surface area contributed by atoms with Crippen LogP contribution in [-0.4, -0.2) is 23.6 Å². The van der Waals surface area contributed by atoms with Gasteiger partial charge < -0.3 is 5.11 Å². The van der Waals surface area contributed by atoms with Crippen LogP contribution in [0.5, 0.6) is 0 Å². The Morgan fingerprint density at radius 3 is 2.31 bits per heavy atom. The minimum atomic E-state index is -4.58. The van der Waals surface area contributed by atoms with Gasteiger partial charge in [0.15, 0.2) is 0 Å². The smallest absolute Gasteiger partial charge is 0.386 e. The molecule has 4 unspecified atom stereocenters. The quantitative estimate of drug-likeness (QED) is 0.579. The summed E-state index contributed by atoms with van der Waals surface area (Å²) in [7, 11) is 0. The molecule has 0 radical (unpaired) electrons. The number of rotatable bonds is 2. The first-order valence-electron chi connectivity index (χ1n) is 5.28. The first-order valence-corrected chi connectivity index (χ1v) is 5.28. The zero-order valence-electron chi connectivity index (χ0n) is 8.89. The van der Waals surface area contributed by atoms with Crippen molar-refractivity contribution in [2.24, 2.45) is 17.3 Å². The van der Waals surface area contributed by atoms with Crippen molar-refractivity contribution >= 4 is 0 Å². The summed E-state index contributed by atoms with van der Waals surface area (Å²) in [6, 6.07) is 0. The minimum absolute atomic E-state index is 0.176. The van der Waals surface area contributed by atoms with E-state index < -0.39 is 29.8 Å². The van der Waals surface area contributed by atoms with Gasteiger partial charge in [-0.2, -0.15) is 13.2 Å². The fourth-order valence-corrected chi connectivity index (χ4v) is 3.23. The van der Waals surface area contributed by atoms with E-state index in [-0.39, 0.29) is 12.3 Å². The summed E-state index contributed by atoms with van der Waals surface area (Å²) in [5.41, 5.74) is -4.65. The van der Waals surface area contributed by atoms with Crippen molar-refractivity contribution in [1.82, 2.24) is 0 Å². The molecule has 0 aliphatic heterocycles. The summed E-state index contributed by atoms with van der Waals surface area (Å²) in [6.45, 7) is -0.418. The van der Waals surface area contributed by atoms with E-state index in [1.54, 1.807) is 6.08 Å². The highest BCUT2D eigenvalue weighted by molar-refractivity contribution is 5.22. The van der Waals surface area contributed by atoms with Crippen LogP contribution in [0.2, 0.25) is 0 Å². The third kappa shape index (κ3) is 1.27. The number of allylic oxidation sites excluding steroid dienone is 2. The fourth-order valence-electron chi connectivity index (χ4n) is 3.23. The molecule has 4 atom stereocenters. The summed E-state index contributed by atoms with van der Waals surface area (Å²) in [4.78, 5) is 0. The lowest BCUT2D eigenvalue weighted by Gasteiger charge is -2.46. The molecule has 0 spiro atoms. The van der Waals surface area contributed by atoms with E-state index in [2.05, 4.69) is 0 Å². The van der Waals surface area contributed by atoms with Gasteiger partial charge in [0.2, 0.25) is 0 Å². The molecule has 1 fully saturated rings. The molecule has 5 heteroatoms. The fraction of sp³-hybridized carbons (Fsp3) is 0.818. The highest BCUT2D eigenvalue weighted by atomic mass is 19.4. The number of aliphatic hydroxyl groups is 1. The van der Waals surface area contributed by atoms with Crippen molar-refractivity contribution in [3.05, 3.63) is 12.2 Å². The lowest BCUT2D eigenvalue weighted by Crippen LogP contribution is -2.58. The van der Waals surface area contributed by atoms with E-state index in [0.29, 0.717) is 6.42 Å². The van der Waals surface area contributed by atoms with Crippen molar-refractivity contribution in [1.29, 1.82) is 0 Å². The SMILES string of the molecule is CC(O)(CF)C1(C(F)(F)F)CC2C=CC1C2. The van der Waals surface area contributed by atoms with Crippen LogP contribution in [0.4, 0.5) is 17.6 Å². The molecule has 2 rings (SSSR count). The van der Waals surface area contributed by atoms with Gasteiger partial charge in [-0.25, -0.2) is 4.39 Å². The van der Waals surface area contributed by atoms with E-state index in [1.165, 1.54) is 6.08 Å². The molecule has 92 valence electrons. The molecule has 1 nitrogen and oxygen atoms in total. The standard InChI is InChI=1S/C11H14F4O/c1-9(16,6-12)10(11(13,14)15)5-7-2-3-8(10)4-7/h2-3,7-8,16H,4-6H2,1H3. The Kier molecular flexibility index (Phi) is 2.39. The van der Waals surface area contributed by atoms with E-state index >= 15 is 0 Å². The third-order valence-corrected chi connectivity index (χ3v) is 4.12. The zero-order valence-corrected chi connectivity index (χ0v) is 8.89. The lowest BCUT2D eigenvalue weighted by molar-refractivity contribution is -0.293. The number of hydrogen-bond acceptors (Lipinski definition) is 1. The molecule has 2 aliphatic carbocycles. The van der Waals surface area contributed by atoms with Crippen LogP contribution in [0.25, 0.3) is 0 Å². The monoisotopic (exact) mass is 238 g/mol. The molecule has 1 N–H and O–H groups in total. The average Bonchev–Trinajstić information content (AvgIpc) is 2.75. The maximum atomic E-state index is 13.2. The van der Waals surface area contributed by atoms with Gasteiger partial charge in [-0.3, -0.25) is 0 Å². The Balaban J connectivity index is 2.48. The molecule has 0 amide bonds. The number of hydrogen-bond donors (Lipinski definition) is 1. The molecule has 16 heavy (non-hydrogen) atoms. The molecular formula is C11H14F4O. The predicted molar refractivity (Wildman–Crippen MR) is 50.4 cm³/mol. The molecule has 0 aromatic rings. The van der Waals surface area contributed by atoms with Crippen LogP contribution in [0.1, 0.15) is 19.8 Å². The van der Waals surface area contributed by atoms with Crippen molar-refractivity contribution in [2.45, 2.75) is 31.5 Å². The predicted octanol–water partition coefficient (Wildman–Crippen LogP) is 2.85. The normalized spacial score (nSPS) is 41.4. The van der Waals surface area contributed by atoms with Gasteiger partial charge in [0.05, 0.1) is 0 Å². The Hall–Kier alpha value is -0.580. The van der Waals surface area contributed by atoms with Gasteiger partial charge in [-0.1, -0.05) is 12.2 Å². The van der Waals surface area contributed by atoms with Gasteiger partial charge in [0.25, 0.3) is 0 Å². The van der Waals surface area contributed by atoms with Gasteiger partial charge in [0.1, 0.15) is 17.7 Å². The summed E-state index contributed by atoms with van der Waals surface area (Å²) in [5, 5.41) is 9.80. The Morgan fingerprint density at radius 2 is 2.00 bits per heavy atom. The number of halogens is 4. The highest BCUT2D eigenvalue weighted by Crippen LogP contribution is 2.64. The summed E-state index contributed by atoms with van der Waals surface area (Å²) < 4.78 is 52.3. The Bertz CT molecular complexity index is 320. The van der Waals surface area contributed by atoms with Crippen LogP contribution in [-0.2, 0) is 0 Å². The number of fused-ring (bicyclic) bond motifs is 2. The van der Waals surface area contributed by atoms with Gasteiger partial charge in [0, 0.05) is 0 Å². The average molecular weight is 238 g/mol. The first-order chi connectivity index (χ1) is 7.24. The van der Waals surface area contributed by atoms with Crippen molar-refractivity contribution < 1.29 is 22.7 Å². The topological polar surface area (TPSA) is 20.2 Å². The van der Waals surface area contributed by atoms with E-state index in [1.807, 2.05) is 0 Å². The molecule has 0 heterocycles. The largest absolute Gasteiger partial charge is 0.397 e. The zero-order chi connectivity index (χ0) is 12.2. The van der Waals surface area contributed by atoms with E-state index in [9.17, 15) is 22.7 Å². The van der Waals surface area contributed by atoms with Gasteiger partial charge >= 0.3 is 6.18 Å². The Labute approximate surface area is 91.1 Å². The van der Waals surface area contributed by atoms with Crippen LogP contribution in [0.3, 0.4) is 0 Å². The maximum Gasteiger partial charge on any atom is 0.397 e. The van der Waals surface area contributed by atoms with Crippen molar-refractivity contribution in [3.63, 3.8) is 0 Å². The summed E-state index contributed by atoms with van der Waals surface area (Å²) in [5.74, 6) is -0.965. The number of alkyl halides is 4. The van der Waals surface area contributed by atoms with Crippen molar-refractivity contribution in [2.75, 3.05) is 6.67 Å². The van der Waals surface area contributed by atoms with Crippen molar-refractivity contribution in [3.8, 4) is 0 Å². The first kappa shape index (κ1) is 11.9. The summed E-state index contributed by atoms with van der Waals surface area (Å²) >= 11 is 0. The van der Waals surface area contributed by atoms with Gasteiger partial charge in [-0.05, 0) is 31.6 Å². The van der Waals surface area contributed by atoms with Gasteiger partial charge in [-0.15, -0.1) is 0 Å². The van der Waals surface area contributed by atoms with E-state index in [0.717, 1.165) is 6.92 Å². The molecule has 1 saturated carbocycles. The van der Waals surface area contributed by atoms with Crippen LogP contribution < -0.4 is 0 Å². The highest BCUT2D eigenvalue weighted by Gasteiger charge is 2.71. The summed E-state index contributed by atoms with van der Waals surface area (Å²) in [6.07, 6.45) is -1.19. The van der Waals surface area contributed by atoms with E-state index in [4.69, 9.17) is 0 Å². The Morgan fingerprint density at radius 1 is 1.38 bits per heavy atom. The maximum absolute atomic E-state index is 13.2. The molecule has 2 aliphatic rings. The second kappa shape index (κ2) is 3.22. The molecule has 0 saturated heterocycles. The molecule has 2 bridgehead atoms. The lowest BCUT2D eigenvalue weighted by atomic mass is 9.64.